The largest absolute Gasteiger partial charge is 0.317 e. The van der Waals surface area contributed by atoms with Gasteiger partial charge in [-0.15, -0.1) is 11.8 Å². The van der Waals surface area contributed by atoms with E-state index in [2.05, 4.69) is 10.3 Å². The summed E-state index contributed by atoms with van der Waals surface area (Å²) < 4.78 is 0. The Kier molecular flexibility index (Phi) is 5.66. The van der Waals surface area contributed by atoms with Crippen LogP contribution in [0.3, 0.4) is 0 Å². The van der Waals surface area contributed by atoms with E-state index < -0.39 is 0 Å². The first-order valence-corrected chi connectivity index (χ1v) is 7.89. The number of pyridine rings is 1. The molecule has 1 aromatic rings. The Hall–Kier alpha value is -1.07. The molecule has 104 valence electrons. The van der Waals surface area contributed by atoms with Gasteiger partial charge in [0.05, 0.1) is 5.75 Å². The molecule has 1 fully saturated rings. The molecule has 1 saturated heterocycles. The van der Waals surface area contributed by atoms with Crippen molar-refractivity contribution in [1.29, 1.82) is 0 Å². The monoisotopic (exact) mass is 279 g/mol. The van der Waals surface area contributed by atoms with Crippen molar-refractivity contribution in [3.63, 3.8) is 0 Å². The number of carbonyl (C=O) groups is 1. The fraction of sp³-hybridized carbons (Fsp3) is 0.571. The summed E-state index contributed by atoms with van der Waals surface area (Å²) in [6, 6.07) is 3.77. The summed E-state index contributed by atoms with van der Waals surface area (Å²) in [7, 11) is 0. The third-order valence-electron chi connectivity index (χ3n) is 3.32. The Morgan fingerprint density at radius 1 is 1.42 bits per heavy atom. The van der Waals surface area contributed by atoms with Crippen molar-refractivity contribution >= 4 is 23.4 Å². The molecule has 2 rings (SSSR count). The van der Waals surface area contributed by atoms with E-state index >= 15 is 0 Å². The Morgan fingerprint density at radius 2 is 2.11 bits per heavy atom. The van der Waals surface area contributed by atoms with Crippen LogP contribution in [0.15, 0.2) is 24.5 Å². The number of nitrogens with one attached hydrogen (secondary N) is 1. The molecule has 1 aliphatic rings. The minimum absolute atomic E-state index is 0.192. The molecule has 4 nitrogen and oxygen atoms in total. The molecule has 0 radical (unpaired) electrons. The highest BCUT2D eigenvalue weighted by Crippen LogP contribution is 2.21. The van der Waals surface area contributed by atoms with E-state index in [-0.39, 0.29) is 5.91 Å². The summed E-state index contributed by atoms with van der Waals surface area (Å²) >= 11 is 1.80. The third kappa shape index (κ3) is 4.21. The maximum atomic E-state index is 12.3. The normalized spacial score (nSPS) is 16.3. The molecule has 0 aromatic carbocycles. The maximum absolute atomic E-state index is 12.3. The molecule has 0 spiro atoms. The van der Waals surface area contributed by atoms with Crippen molar-refractivity contribution in [1.82, 2.24) is 10.3 Å². The van der Waals surface area contributed by atoms with Gasteiger partial charge in [-0.2, -0.15) is 0 Å². The minimum Gasteiger partial charge on any atom is -0.317 e. The molecule has 0 unspecified atom stereocenters. The summed E-state index contributed by atoms with van der Waals surface area (Å²) in [5.74, 6) is 0.762. The van der Waals surface area contributed by atoms with E-state index in [0.717, 1.165) is 18.8 Å². The van der Waals surface area contributed by atoms with E-state index in [1.54, 1.807) is 24.2 Å². The highest BCUT2D eigenvalue weighted by molar-refractivity contribution is 8.00. The van der Waals surface area contributed by atoms with E-state index in [0.29, 0.717) is 17.5 Å². The van der Waals surface area contributed by atoms with Crippen molar-refractivity contribution in [2.24, 2.45) is 0 Å². The van der Waals surface area contributed by atoms with Crippen LogP contribution in [-0.4, -0.2) is 41.5 Å². The molecule has 0 saturated carbocycles. The maximum Gasteiger partial charge on any atom is 0.236 e. The molecule has 1 aliphatic heterocycles. The average molecular weight is 279 g/mol. The molecule has 1 aromatic heterocycles. The summed E-state index contributed by atoms with van der Waals surface area (Å²) in [6.45, 7) is 4.87. The molecule has 5 heteroatoms. The van der Waals surface area contributed by atoms with Crippen molar-refractivity contribution in [3.05, 3.63) is 24.5 Å². The SMILES string of the molecule is CCN(C(=O)CSC1CCNCC1)c1ccncc1. The van der Waals surface area contributed by atoms with Crippen LogP contribution in [0.25, 0.3) is 0 Å². The number of nitrogens with zero attached hydrogens (tertiary/aromatic N) is 2. The number of amides is 1. The Labute approximate surface area is 119 Å². The van der Waals surface area contributed by atoms with E-state index in [9.17, 15) is 4.79 Å². The van der Waals surface area contributed by atoms with Gasteiger partial charge in [-0.1, -0.05) is 0 Å². The van der Waals surface area contributed by atoms with Crippen LogP contribution in [0.1, 0.15) is 19.8 Å². The van der Waals surface area contributed by atoms with Crippen LogP contribution in [-0.2, 0) is 4.79 Å². The first kappa shape index (κ1) is 14.3. The second-order valence-electron chi connectivity index (χ2n) is 4.60. The van der Waals surface area contributed by atoms with Crippen molar-refractivity contribution < 1.29 is 4.79 Å². The second-order valence-corrected chi connectivity index (χ2v) is 5.89. The lowest BCUT2D eigenvalue weighted by Gasteiger charge is -2.24. The molecular weight excluding hydrogens is 258 g/mol. The summed E-state index contributed by atoms with van der Waals surface area (Å²) in [5.41, 5.74) is 0.938. The summed E-state index contributed by atoms with van der Waals surface area (Å²) in [5, 5.41) is 3.97. The number of anilines is 1. The molecule has 1 amide bonds. The fourth-order valence-corrected chi connectivity index (χ4v) is 3.36. The van der Waals surface area contributed by atoms with E-state index in [1.165, 1.54) is 12.8 Å². The van der Waals surface area contributed by atoms with Gasteiger partial charge in [0.15, 0.2) is 0 Å². The summed E-state index contributed by atoms with van der Waals surface area (Å²) in [6.07, 6.45) is 5.79. The zero-order valence-corrected chi connectivity index (χ0v) is 12.2. The predicted octanol–water partition coefficient (Wildman–Crippen LogP) is 1.92. The molecule has 1 N–H and O–H groups in total. The summed E-state index contributed by atoms with van der Waals surface area (Å²) in [4.78, 5) is 18.1. The van der Waals surface area contributed by atoms with E-state index in [1.807, 2.05) is 24.0 Å². The van der Waals surface area contributed by atoms with Gasteiger partial charge in [0.25, 0.3) is 0 Å². The number of piperidine rings is 1. The van der Waals surface area contributed by atoms with Gasteiger partial charge in [-0.25, -0.2) is 0 Å². The van der Waals surface area contributed by atoms with Crippen LogP contribution in [0, 0.1) is 0 Å². The number of rotatable bonds is 5. The topological polar surface area (TPSA) is 45.2 Å². The Morgan fingerprint density at radius 3 is 2.74 bits per heavy atom. The van der Waals surface area contributed by atoms with Gasteiger partial charge < -0.3 is 10.2 Å². The lowest BCUT2D eigenvalue weighted by molar-refractivity contribution is -0.116. The number of hydrogen-bond donors (Lipinski definition) is 1. The van der Waals surface area contributed by atoms with Gasteiger partial charge in [0.2, 0.25) is 5.91 Å². The van der Waals surface area contributed by atoms with Crippen LogP contribution < -0.4 is 10.2 Å². The number of carbonyl (C=O) groups excluding carboxylic acids is 1. The van der Waals surface area contributed by atoms with Gasteiger partial charge >= 0.3 is 0 Å². The second kappa shape index (κ2) is 7.50. The Bertz CT molecular complexity index is 393. The standard InChI is InChI=1S/C14H21N3OS/c1-2-17(12-3-7-15-8-4-12)14(18)11-19-13-5-9-16-10-6-13/h3-4,7-8,13,16H,2,5-6,9-11H2,1H3. The highest BCUT2D eigenvalue weighted by atomic mass is 32.2. The van der Waals surface area contributed by atoms with Crippen LogP contribution in [0.5, 0.6) is 0 Å². The number of thioether (sulfide) groups is 1. The van der Waals surface area contributed by atoms with Gasteiger partial charge in [0.1, 0.15) is 0 Å². The van der Waals surface area contributed by atoms with Crippen LogP contribution >= 0.6 is 11.8 Å². The molecule has 0 aliphatic carbocycles. The zero-order chi connectivity index (χ0) is 13.5. The van der Waals surface area contributed by atoms with Crippen molar-refractivity contribution in [2.75, 3.05) is 30.3 Å². The highest BCUT2D eigenvalue weighted by Gasteiger charge is 2.18. The number of hydrogen-bond acceptors (Lipinski definition) is 4. The Balaban J connectivity index is 1.86. The van der Waals surface area contributed by atoms with Gasteiger partial charge in [-0.05, 0) is 45.0 Å². The predicted molar refractivity (Wildman–Crippen MR) is 80.6 cm³/mol. The zero-order valence-electron chi connectivity index (χ0n) is 11.3. The van der Waals surface area contributed by atoms with Crippen LogP contribution in [0.2, 0.25) is 0 Å². The quantitative estimate of drug-likeness (QED) is 0.894. The van der Waals surface area contributed by atoms with Crippen molar-refractivity contribution in [2.45, 2.75) is 25.0 Å². The first-order valence-electron chi connectivity index (χ1n) is 6.84. The molecule has 19 heavy (non-hydrogen) atoms. The molecule has 0 atom stereocenters. The average Bonchev–Trinajstić information content (AvgIpc) is 2.48. The molecule has 2 heterocycles. The third-order valence-corrected chi connectivity index (χ3v) is 4.68. The van der Waals surface area contributed by atoms with Crippen LogP contribution in [0.4, 0.5) is 5.69 Å². The smallest absolute Gasteiger partial charge is 0.236 e. The van der Waals surface area contributed by atoms with Gasteiger partial charge in [0, 0.05) is 29.9 Å². The first-order chi connectivity index (χ1) is 9.31. The molecule has 0 bridgehead atoms. The lowest BCUT2D eigenvalue weighted by atomic mass is 10.2. The fourth-order valence-electron chi connectivity index (χ4n) is 2.26. The van der Waals surface area contributed by atoms with E-state index in [4.69, 9.17) is 0 Å². The molecular formula is C14H21N3OS. The minimum atomic E-state index is 0.192. The number of aromatic nitrogens is 1. The lowest BCUT2D eigenvalue weighted by Crippen LogP contribution is -2.34. The van der Waals surface area contributed by atoms with Crippen molar-refractivity contribution in [3.8, 4) is 0 Å². The van der Waals surface area contributed by atoms with Gasteiger partial charge in [-0.3, -0.25) is 9.78 Å².